The highest BCUT2D eigenvalue weighted by Crippen LogP contribution is 2.27. The number of hydrogen-bond donors (Lipinski definition) is 1. The summed E-state index contributed by atoms with van der Waals surface area (Å²) in [6.45, 7) is 3.99. The molecule has 0 amide bonds. The molecule has 0 radical (unpaired) electrons. The molecule has 1 heterocycles. The molecule has 0 atom stereocenters. The van der Waals surface area contributed by atoms with Gasteiger partial charge < -0.3 is 9.52 Å². The average molecular weight is 203 g/mol. The van der Waals surface area contributed by atoms with Crippen molar-refractivity contribution >= 4 is 0 Å². The molecule has 15 heavy (non-hydrogen) atoms. The van der Waals surface area contributed by atoms with E-state index in [1.54, 1.807) is 0 Å². The molecule has 3 nitrogen and oxygen atoms in total. The van der Waals surface area contributed by atoms with Gasteiger partial charge >= 0.3 is 0 Å². The van der Waals surface area contributed by atoms with Crippen molar-refractivity contribution in [1.29, 1.82) is 0 Å². The highest BCUT2D eigenvalue weighted by Gasteiger charge is 2.12. The Balaban J connectivity index is 2.59. The first-order valence-corrected chi connectivity index (χ1v) is 4.84. The summed E-state index contributed by atoms with van der Waals surface area (Å²) in [6.07, 6.45) is 1.36. The maximum absolute atomic E-state index is 9.11. The van der Waals surface area contributed by atoms with Gasteiger partial charge in [0.15, 0.2) is 12.2 Å². The van der Waals surface area contributed by atoms with Crippen LogP contribution in [0.15, 0.2) is 29.0 Å². The Morgan fingerprint density at radius 2 is 2.13 bits per heavy atom. The minimum atomic E-state index is -0.0980. The van der Waals surface area contributed by atoms with Crippen LogP contribution in [-0.4, -0.2) is 10.1 Å². The standard InChI is InChI=1S/C12H13NO2/c1-8-4-3-5-10(9(8)2)12-11(6-14)13-7-15-12/h3-5,7,14H,6H2,1-2H3. The van der Waals surface area contributed by atoms with Crippen LogP contribution in [0.5, 0.6) is 0 Å². The van der Waals surface area contributed by atoms with Crippen molar-refractivity contribution in [2.75, 3.05) is 0 Å². The first-order chi connectivity index (χ1) is 7.24. The third kappa shape index (κ3) is 1.66. The Kier molecular flexibility index (Phi) is 2.56. The Morgan fingerprint density at radius 1 is 1.33 bits per heavy atom. The van der Waals surface area contributed by atoms with Gasteiger partial charge in [-0.05, 0) is 25.0 Å². The van der Waals surface area contributed by atoms with E-state index in [4.69, 9.17) is 9.52 Å². The number of oxazole rings is 1. The van der Waals surface area contributed by atoms with E-state index in [-0.39, 0.29) is 6.61 Å². The van der Waals surface area contributed by atoms with E-state index in [0.29, 0.717) is 11.5 Å². The van der Waals surface area contributed by atoms with E-state index in [9.17, 15) is 0 Å². The van der Waals surface area contributed by atoms with Gasteiger partial charge in [-0.15, -0.1) is 0 Å². The summed E-state index contributed by atoms with van der Waals surface area (Å²) < 4.78 is 5.31. The number of aliphatic hydroxyl groups excluding tert-OH is 1. The summed E-state index contributed by atoms with van der Waals surface area (Å²) in [7, 11) is 0. The molecule has 0 fully saturated rings. The van der Waals surface area contributed by atoms with E-state index in [1.807, 2.05) is 32.0 Å². The number of nitrogens with zero attached hydrogens (tertiary/aromatic N) is 1. The fraction of sp³-hybridized carbons (Fsp3) is 0.250. The van der Waals surface area contributed by atoms with E-state index in [1.165, 1.54) is 12.0 Å². The zero-order chi connectivity index (χ0) is 10.8. The molecule has 1 N–H and O–H groups in total. The predicted octanol–water partition coefficient (Wildman–Crippen LogP) is 2.45. The van der Waals surface area contributed by atoms with Crippen molar-refractivity contribution < 1.29 is 9.52 Å². The molecule has 2 rings (SSSR count). The predicted molar refractivity (Wildman–Crippen MR) is 57.3 cm³/mol. The number of hydrogen-bond acceptors (Lipinski definition) is 3. The third-order valence-electron chi connectivity index (χ3n) is 2.64. The largest absolute Gasteiger partial charge is 0.443 e. The molecular weight excluding hydrogens is 190 g/mol. The van der Waals surface area contributed by atoms with Gasteiger partial charge in [0.05, 0.1) is 6.61 Å². The smallest absolute Gasteiger partial charge is 0.181 e. The molecule has 0 aliphatic rings. The Bertz CT molecular complexity index is 474. The summed E-state index contributed by atoms with van der Waals surface area (Å²) in [4.78, 5) is 3.97. The van der Waals surface area contributed by atoms with Crippen molar-refractivity contribution in [3.8, 4) is 11.3 Å². The van der Waals surface area contributed by atoms with Crippen molar-refractivity contribution in [3.63, 3.8) is 0 Å². The zero-order valence-electron chi connectivity index (χ0n) is 8.82. The molecule has 0 saturated carbocycles. The minimum absolute atomic E-state index is 0.0980. The van der Waals surface area contributed by atoms with Crippen LogP contribution in [-0.2, 0) is 6.61 Å². The van der Waals surface area contributed by atoms with Gasteiger partial charge in [-0.1, -0.05) is 18.2 Å². The number of aryl methyl sites for hydroxylation is 1. The highest BCUT2D eigenvalue weighted by molar-refractivity contribution is 5.65. The highest BCUT2D eigenvalue weighted by atomic mass is 16.3. The minimum Gasteiger partial charge on any atom is -0.443 e. The Morgan fingerprint density at radius 3 is 2.87 bits per heavy atom. The Hall–Kier alpha value is -1.61. The molecule has 1 aromatic heterocycles. The molecule has 0 aliphatic carbocycles. The SMILES string of the molecule is Cc1cccc(-c2ocnc2CO)c1C. The summed E-state index contributed by atoms with van der Waals surface area (Å²) in [5.41, 5.74) is 3.94. The number of aliphatic hydroxyl groups is 1. The van der Waals surface area contributed by atoms with Gasteiger partial charge in [0.1, 0.15) is 5.69 Å². The van der Waals surface area contributed by atoms with Crippen LogP contribution in [0.2, 0.25) is 0 Å². The van der Waals surface area contributed by atoms with Gasteiger partial charge in [-0.25, -0.2) is 4.98 Å². The lowest BCUT2D eigenvalue weighted by Crippen LogP contribution is -1.90. The molecule has 3 heteroatoms. The zero-order valence-corrected chi connectivity index (χ0v) is 8.82. The first-order valence-electron chi connectivity index (χ1n) is 4.84. The summed E-state index contributed by atoms with van der Waals surface area (Å²) in [5.74, 6) is 0.665. The summed E-state index contributed by atoms with van der Waals surface area (Å²) >= 11 is 0. The van der Waals surface area contributed by atoms with Gasteiger partial charge in [0.25, 0.3) is 0 Å². The molecule has 0 bridgehead atoms. The molecule has 0 aliphatic heterocycles. The van der Waals surface area contributed by atoms with Crippen LogP contribution in [0.3, 0.4) is 0 Å². The number of benzene rings is 1. The fourth-order valence-corrected chi connectivity index (χ4v) is 1.60. The topological polar surface area (TPSA) is 46.3 Å². The van der Waals surface area contributed by atoms with Crippen LogP contribution in [0.4, 0.5) is 0 Å². The lowest BCUT2D eigenvalue weighted by molar-refractivity contribution is 0.277. The second-order valence-corrected chi connectivity index (χ2v) is 3.53. The quantitative estimate of drug-likeness (QED) is 0.815. The average Bonchev–Trinajstić information content (AvgIpc) is 2.70. The second-order valence-electron chi connectivity index (χ2n) is 3.53. The van der Waals surface area contributed by atoms with Crippen LogP contribution in [0.25, 0.3) is 11.3 Å². The van der Waals surface area contributed by atoms with Crippen LogP contribution < -0.4 is 0 Å². The number of rotatable bonds is 2. The van der Waals surface area contributed by atoms with Crippen molar-refractivity contribution in [2.24, 2.45) is 0 Å². The maximum Gasteiger partial charge on any atom is 0.181 e. The lowest BCUT2D eigenvalue weighted by Gasteiger charge is -2.06. The Labute approximate surface area is 88.4 Å². The molecule has 2 aromatic rings. The third-order valence-corrected chi connectivity index (χ3v) is 2.64. The fourth-order valence-electron chi connectivity index (χ4n) is 1.60. The molecule has 1 aromatic carbocycles. The summed E-state index contributed by atoms with van der Waals surface area (Å²) in [5, 5.41) is 9.11. The molecule has 0 saturated heterocycles. The number of aromatic nitrogens is 1. The maximum atomic E-state index is 9.11. The first kappa shape index (κ1) is 9.93. The molecule has 0 spiro atoms. The van der Waals surface area contributed by atoms with Crippen LogP contribution >= 0.6 is 0 Å². The van der Waals surface area contributed by atoms with Gasteiger partial charge in [0.2, 0.25) is 0 Å². The van der Waals surface area contributed by atoms with E-state index in [2.05, 4.69) is 4.98 Å². The van der Waals surface area contributed by atoms with E-state index < -0.39 is 0 Å². The van der Waals surface area contributed by atoms with Crippen LogP contribution in [0, 0.1) is 13.8 Å². The monoisotopic (exact) mass is 203 g/mol. The van der Waals surface area contributed by atoms with Crippen molar-refractivity contribution in [2.45, 2.75) is 20.5 Å². The second kappa shape index (κ2) is 3.87. The van der Waals surface area contributed by atoms with Crippen LogP contribution in [0.1, 0.15) is 16.8 Å². The van der Waals surface area contributed by atoms with E-state index in [0.717, 1.165) is 11.1 Å². The van der Waals surface area contributed by atoms with E-state index >= 15 is 0 Å². The molecular formula is C12H13NO2. The summed E-state index contributed by atoms with van der Waals surface area (Å²) in [6, 6.07) is 6.00. The molecule has 78 valence electrons. The van der Waals surface area contributed by atoms with Gasteiger partial charge in [-0.2, -0.15) is 0 Å². The van der Waals surface area contributed by atoms with Crippen molar-refractivity contribution in [3.05, 3.63) is 41.4 Å². The van der Waals surface area contributed by atoms with Gasteiger partial charge in [0, 0.05) is 5.56 Å². The lowest BCUT2D eigenvalue weighted by atomic mass is 10.0. The van der Waals surface area contributed by atoms with Gasteiger partial charge in [-0.3, -0.25) is 0 Å². The molecule has 0 unspecified atom stereocenters. The normalized spacial score (nSPS) is 10.6. The van der Waals surface area contributed by atoms with Crippen molar-refractivity contribution in [1.82, 2.24) is 4.98 Å².